The number of aromatic amines is 1. The van der Waals surface area contributed by atoms with Crippen LogP contribution in [0, 0.1) is 0 Å². The smallest absolute Gasteiger partial charge is 0.268 e. The molecule has 0 atom stereocenters. The van der Waals surface area contributed by atoms with Gasteiger partial charge in [0.25, 0.3) is 5.56 Å². The van der Waals surface area contributed by atoms with E-state index in [1.54, 1.807) is 37.6 Å². The highest BCUT2D eigenvalue weighted by atomic mass is 32.1. The minimum atomic E-state index is -0.204. The average Bonchev–Trinajstić information content (AvgIpc) is 3.15. The number of hydrogen-bond acceptors (Lipinski definition) is 5. The predicted octanol–water partition coefficient (Wildman–Crippen LogP) is 2.25. The summed E-state index contributed by atoms with van der Waals surface area (Å²) in [5.41, 5.74) is 0.470. The fraction of sp³-hybridized carbons (Fsp3) is 0.133. The number of carbonyl (C=O) groups is 1. The van der Waals surface area contributed by atoms with Crippen LogP contribution in [0.15, 0.2) is 45.1 Å². The Morgan fingerprint density at radius 2 is 2.36 bits per heavy atom. The topological polar surface area (TPSA) is 79.2 Å². The highest BCUT2D eigenvalue weighted by Gasteiger charge is 2.10. The van der Waals surface area contributed by atoms with Crippen molar-refractivity contribution in [2.45, 2.75) is 6.54 Å². The van der Waals surface area contributed by atoms with Gasteiger partial charge in [-0.2, -0.15) is 0 Å². The van der Waals surface area contributed by atoms with Crippen molar-refractivity contribution in [3.8, 4) is 0 Å². The minimum Gasteiger partial charge on any atom is -0.465 e. The maximum atomic E-state index is 12.0. The summed E-state index contributed by atoms with van der Waals surface area (Å²) < 4.78 is 5.71. The van der Waals surface area contributed by atoms with Crippen LogP contribution in [0.25, 0.3) is 16.3 Å². The van der Waals surface area contributed by atoms with E-state index in [2.05, 4.69) is 9.97 Å². The quantitative estimate of drug-likeness (QED) is 0.749. The Morgan fingerprint density at radius 1 is 1.50 bits per heavy atom. The van der Waals surface area contributed by atoms with Crippen LogP contribution in [0.5, 0.6) is 0 Å². The van der Waals surface area contributed by atoms with Crippen molar-refractivity contribution in [1.29, 1.82) is 0 Å². The van der Waals surface area contributed by atoms with E-state index in [-0.39, 0.29) is 18.0 Å². The number of furan rings is 1. The minimum absolute atomic E-state index is 0.179. The fourth-order valence-corrected chi connectivity index (χ4v) is 2.69. The lowest BCUT2D eigenvalue weighted by molar-refractivity contribution is -0.125. The van der Waals surface area contributed by atoms with Gasteiger partial charge < -0.3 is 14.3 Å². The van der Waals surface area contributed by atoms with Crippen LogP contribution in [0.3, 0.4) is 0 Å². The van der Waals surface area contributed by atoms with Crippen LogP contribution in [0.2, 0.25) is 0 Å². The Labute approximate surface area is 129 Å². The maximum Gasteiger partial charge on any atom is 0.268 e. The molecule has 0 unspecified atom stereocenters. The number of thiophene rings is 1. The molecule has 0 aromatic carbocycles. The Hall–Kier alpha value is -2.67. The lowest BCUT2D eigenvalue weighted by Crippen LogP contribution is -2.26. The number of amides is 1. The van der Waals surface area contributed by atoms with Crippen LogP contribution in [-0.2, 0) is 11.3 Å². The zero-order chi connectivity index (χ0) is 15.5. The summed E-state index contributed by atoms with van der Waals surface area (Å²) >= 11 is 1.35. The molecular weight excluding hydrogens is 302 g/mol. The van der Waals surface area contributed by atoms with Gasteiger partial charge in [0.2, 0.25) is 5.91 Å². The van der Waals surface area contributed by atoms with Gasteiger partial charge in [-0.25, -0.2) is 4.98 Å². The second-order valence-electron chi connectivity index (χ2n) is 4.69. The SMILES string of the molecule is CN(Cc1nc2ccsc2c(=O)[nH]1)C(=O)C=Cc1ccco1. The highest BCUT2D eigenvalue weighted by molar-refractivity contribution is 7.17. The van der Waals surface area contributed by atoms with Gasteiger partial charge in [0.15, 0.2) is 0 Å². The average molecular weight is 315 g/mol. The molecule has 0 saturated heterocycles. The third-order valence-corrected chi connectivity index (χ3v) is 3.96. The van der Waals surface area contributed by atoms with E-state index < -0.39 is 0 Å². The molecule has 6 nitrogen and oxygen atoms in total. The van der Waals surface area contributed by atoms with Gasteiger partial charge in [-0.3, -0.25) is 9.59 Å². The van der Waals surface area contributed by atoms with Crippen LogP contribution in [0.4, 0.5) is 0 Å². The first kappa shape index (κ1) is 14.3. The molecule has 0 bridgehead atoms. The van der Waals surface area contributed by atoms with Crippen molar-refractivity contribution < 1.29 is 9.21 Å². The molecule has 0 aliphatic heterocycles. The van der Waals surface area contributed by atoms with Crippen LogP contribution < -0.4 is 5.56 Å². The Bertz CT molecular complexity index is 877. The molecule has 0 aliphatic carbocycles. The predicted molar refractivity (Wildman–Crippen MR) is 84.5 cm³/mol. The highest BCUT2D eigenvalue weighted by Crippen LogP contribution is 2.14. The fourth-order valence-electron chi connectivity index (χ4n) is 1.97. The lowest BCUT2D eigenvalue weighted by atomic mass is 10.3. The third-order valence-electron chi connectivity index (χ3n) is 3.06. The maximum absolute atomic E-state index is 12.0. The number of likely N-dealkylation sites (N-methyl/N-ethyl adjacent to an activating group) is 1. The van der Waals surface area contributed by atoms with Crippen LogP contribution >= 0.6 is 11.3 Å². The number of aromatic nitrogens is 2. The monoisotopic (exact) mass is 315 g/mol. The third kappa shape index (κ3) is 2.99. The van der Waals surface area contributed by atoms with Crippen molar-refractivity contribution in [1.82, 2.24) is 14.9 Å². The van der Waals surface area contributed by atoms with Crippen LogP contribution in [-0.4, -0.2) is 27.8 Å². The second-order valence-corrected chi connectivity index (χ2v) is 5.61. The molecule has 0 radical (unpaired) electrons. The molecular formula is C15H13N3O3S. The molecule has 3 aromatic heterocycles. The van der Waals surface area contributed by atoms with Gasteiger partial charge >= 0.3 is 0 Å². The van der Waals surface area contributed by atoms with Gasteiger partial charge in [-0.15, -0.1) is 11.3 Å². The van der Waals surface area contributed by atoms with Crippen molar-refractivity contribution in [3.63, 3.8) is 0 Å². The number of rotatable bonds is 4. The molecule has 1 N–H and O–H groups in total. The summed E-state index contributed by atoms with van der Waals surface area (Å²) in [6.45, 7) is 0.225. The second kappa shape index (κ2) is 5.98. The Morgan fingerprint density at radius 3 is 3.14 bits per heavy atom. The number of fused-ring (bicyclic) bond motifs is 1. The van der Waals surface area contributed by atoms with E-state index in [1.807, 2.05) is 5.38 Å². The first-order valence-corrected chi connectivity index (χ1v) is 7.44. The molecule has 22 heavy (non-hydrogen) atoms. The van der Waals surface area contributed by atoms with Crippen molar-refractivity contribution in [2.24, 2.45) is 0 Å². The van der Waals surface area contributed by atoms with E-state index in [0.717, 1.165) is 0 Å². The Kier molecular flexibility index (Phi) is 3.88. The standard InChI is InChI=1S/C15H13N3O3S/c1-18(13(19)5-4-10-3-2-7-21-10)9-12-16-11-6-8-22-14(11)15(20)17-12/h2-8H,9H2,1H3,(H,16,17,20). The van der Waals surface area contributed by atoms with Crippen molar-refractivity contribution in [3.05, 3.63) is 57.9 Å². The summed E-state index contributed by atoms with van der Waals surface area (Å²) in [6, 6.07) is 5.29. The van der Waals surface area contributed by atoms with Crippen LogP contribution in [0.1, 0.15) is 11.6 Å². The molecule has 0 aliphatic rings. The molecule has 3 rings (SSSR count). The molecule has 0 saturated carbocycles. The first-order chi connectivity index (χ1) is 10.6. The lowest BCUT2D eigenvalue weighted by Gasteiger charge is -2.14. The molecule has 0 spiro atoms. The van der Waals surface area contributed by atoms with Crippen molar-refractivity contribution in [2.75, 3.05) is 7.05 Å². The molecule has 112 valence electrons. The molecule has 1 amide bonds. The zero-order valence-electron chi connectivity index (χ0n) is 11.8. The molecule has 3 aromatic rings. The number of hydrogen-bond donors (Lipinski definition) is 1. The number of H-pyrrole nitrogens is 1. The van der Waals surface area contributed by atoms with Crippen molar-refractivity contribution >= 4 is 33.5 Å². The zero-order valence-corrected chi connectivity index (χ0v) is 12.6. The largest absolute Gasteiger partial charge is 0.465 e. The van der Waals surface area contributed by atoms with E-state index >= 15 is 0 Å². The van der Waals surface area contributed by atoms with E-state index in [9.17, 15) is 9.59 Å². The summed E-state index contributed by atoms with van der Waals surface area (Å²) in [5, 5.41) is 1.82. The number of nitrogens with one attached hydrogen (secondary N) is 1. The Balaban J connectivity index is 1.73. The molecule has 7 heteroatoms. The molecule has 3 heterocycles. The number of nitrogens with zero attached hydrogens (tertiary/aromatic N) is 2. The van der Waals surface area contributed by atoms with E-state index in [0.29, 0.717) is 21.8 Å². The first-order valence-electron chi connectivity index (χ1n) is 6.56. The summed E-state index contributed by atoms with van der Waals surface area (Å²) in [4.78, 5) is 32.4. The van der Waals surface area contributed by atoms with Gasteiger partial charge in [0, 0.05) is 13.1 Å². The van der Waals surface area contributed by atoms with Gasteiger partial charge in [-0.05, 0) is 29.7 Å². The summed E-state index contributed by atoms with van der Waals surface area (Å²) in [7, 11) is 1.65. The van der Waals surface area contributed by atoms with Gasteiger partial charge in [0.1, 0.15) is 16.3 Å². The van der Waals surface area contributed by atoms with Gasteiger partial charge in [0.05, 0.1) is 18.3 Å². The normalized spacial score (nSPS) is 11.3. The number of carbonyl (C=O) groups excluding carboxylic acids is 1. The van der Waals surface area contributed by atoms with Gasteiger partial charge in [-0.1, -0.05) is 0 Å². The summed E-state index contributed by atoms with van der Waals surface area (Å²) in [5.74, 6) is 0.857. The van der Waals surface area contributed by atoms with E-state index in [4.69, 9.17) is 4.42 Å². The summed E-state index contributed by atoms with van der Waals surface area (Å²) in [6.07, 6.45) is 4.55. The molecule has 0 fully saturated rings. The van der Waals surface area contributed by atoms with E-state index in [1.165, 1.54) is 22.3 Å².